The number of nitrogens with zero attached hydrogens (tertiary/aromatic N) is 4. The molecule has 0 N–H and O–H groups in total. The SMILES string of the molecule is CC(C)c1snnc1C(=O)N1CCCC2(CCCN2Cc2cccc(F)c2)CC1. The van der Waals surface area contributed by atoms with Gasteiger partial charge in [-0.15, -0.1) is 5.10 Å². The summed E-state index contributed by atoms with van der Waals surface area (Å²) in [5.41, 5.74) is 1.67. The van der Waals surface area contributed by atoms with Crippen molar-refractivity contribution in [1.29, 1.82) is 0 Å². The van der Waals surface area contributed by atoms with Gasteiger partial charge in [-0.3, -0.25) is 9.69 Å². The third-order valence-electron chi connectivity index (χ3n) is 6.45. The summed E-state index contributed by atoms with van der Waals surface area (Å²) in [5.74, 6) is 0.101. The lowest BCUT2D eigenvalue weighted by Crippen LogP contribution is -2.44. The number of hydrogen-bond acceptors (Lipinski definition) is 5. The number of amides is 1. The average molecular weight is 417 g/mol. The lowest BCUT2D eigenvalue weighted by atomic mass is 9.87. The quantitative estimate of drug-likeness (QED) is 0.738. The van der Waals surface area contributed by atoms with E-state index in [1.165, 1.54) is 17.6 Å². The molecule has 0 saturated carbocycles. The van der Waals surface area contributed by atoms with Crippen molar-refractivity contribution in [2.45, 2.75) is 64.0 Å². The molecule has 1 aromatic carbocycles. The van der Waals surface area contributed by atoms with Crippen LogP contribution in [0.4, 0.5) is 4.39 Å². The number of hydrogen-bond donors (Lipinski definition) is 0. The third-order valence-corrected chi connectivity index (χ3v) is 7.47. The van der Waals surface area contributed by atoms with Gasteiger partial charge in [0.15, 0.2) is 5.69 Å². The highest BCUT2D eigenvalue weighted by Gasteiger charge is 2.42. The number of halogens is 1. The van der Waals surface area contributed by atoms with E-state index in [9.17, 15) is 9.18 Å². The van der Waals surface area contributed by atoms with E-state index < -0.39 is 0 Å². The molecule has 1 amide bonds. The van der Waals surface area contributed by atoms with Gasteiger partial charge in [0.25, 0.3) is 5.91 Å². The van der Waals surface area contributed by atoms with E-state index >= 15 is 0 Å². The minimum Gasteiger partial charge on any atom is -0.337 e. The lowest BCUT2D eigenvalue weighted by Gasteiger charge is -2.38. The van der Waals surface area contributed by atoms with Gasteiger partial charge in [-0.25, -0.2) is 4.39 Å². The zero-order chi connectivity index (χ0) is 20.4. The zero-order valence-corrected chi connectivity index (χ0v) is 18.1. The van der Waals surface area contributed by atoms with E-state index in [4.69, 9.17) is 0 Å². The Balaban J connectivity index is 1.47. The molecule has 2 aromatic rings. The predicted molar refractivity (Wildman–Crippen MR) is 113 cm³/mol. The highest BCUT2D eigenvalue weighted by molar-refractivity contribution is 7.05. The van der Waals surface area contributed by atoms with Gasteiger partial charge in [0.2, 0.25) is 0 Å². The molecule has 1 atom stereocenters. The smallest absolute Gasteiger partial charge is 0.275 e. The fraction of sp³-hybridized carbons (Fsp3) is 0.591. The van der Waals surface area contributed by atoms with E-state index in [0.29, 0.717) is 5.69 Å². The van der Waals surface area contributed by atoms with Gasteiger partial charge in [0.05, 0.1) is 4.88 Å². The van der Waals surface area contributed by atoms with Crippen LogP contribution >= 0.6 is 11.5 Å². The van der Waals surface area contributed by atoms with Gasteiger partial charge in [0, 0.05) is 25.2 Å². The van der Waals surface area contributed by atoms with E-state index in [1.807, 2.05) is 11.0 Å². The Morgan fingerprint density at radius 3 is 2.76 bits per heavy atom. The number of benzene rings is 1. The maximum absolute atomic E-state index is 13.6. The van der Waals surface area contributed by atoms with Crippen LogP contribution in [0.5, 0.6) is 0 Å². The van der Waals surface area contributed by atoms with Crippen molar-refractivity contribution in [3.8, 4) is 0 Å². The Labute approximate surface area is 176 Å². The standard InChI is InChI=1S/C22H29FN4OS/c1-16(2)20-19(24-25-29-20)21(28)26-11-4-8-22(10-13-26)9-5-12-27(22)15-17-6-3-7-18(23)14-17/h3,6-7,14,16H,4-5,8-13,15H2,1-2H3. The molecule has 2 aliphatic rings. The Hall–Kier alpha value is -1.86. The Morgan fingerprint density at radius 1 is 1.21 bits per heavy atom. The Morgan fingerprint density at radius 2 is 2.00 bits per heavy atom. The first-order chi connectivity index (χ1) is 14.0. The minimum absolute atomic E-state index is 0.0224. The van der Waals surface area contributed by atoms with Crippen LogP contribution in [0.1, 0.15) is 72.8 Å². The summed E-state index contributed by atoms with van der Waals surface area (Å²) in [5, 5.41) is 4.14. The maximum Gasteiger partial charge on any atom is 0.275 e. The van der Waals surface area contributed by atoms with Gasteiger partial charge in [-0.1, -0.05) is 30.5 Å². The van der Waals surface area contributed by atoms with Crippen LogP contribution in [0.2, 0.25) is 0 Å². The molecule has 2 aliphatic heterocycles. The molecule has 7 heteroatoms. The molecule has 1 aromatic heterocycles. The number of carbonyl (C=O) groups is 1. The minimum atomic E-state index is -0.175. The number of rotatable bonds is 4. The normalized spacial score (nSPS) is 23.1. The predicted octanol–water partition coefficient (Wildman–Crippen LogP) is 4.46. The molecule has 4 rings (SSSR count). The number of likely N-dealkylation sites (tertiary alicyclic amines) is 2. The number of carbonyl (C=O) groups excluding carboxylic acids is 1. The monoisotopic (exact) mass is 416 g/mol. The summed E-state index contributed by atoms with van der Waals surface area (Å²) in [7, 11) is 0. The van der Waals surface area contributed by atoms with Crippen molar-refractivity contribution >= 4 is 17.4 Å². The summed E-state index contributed by atoms with van der Waals surface area (Å²) in [6.45, 7) is 7.48. The van der Waals surface area contributed by atoms with E-state index in [0.717, 1.165) is 68.7 Å². The van der Waals surface area contributed by atoms with Gasteiger partial charge < -0.3 is 4.90 Å². The van der Waals surface area contributed by atoms with E-state index in [1.54, 1.807) is 12.1 Å². The molecular weight excluding hydrogens is 387 g/mol. The molecule has 3 heterocycles. The van der Waals surface area contributed by atoms with Crippen LogP contribution < -0.4 is 0 Å². The first kappa shape index (κ1) is 20.4. The van der Waals surface area contributed by atoms with Crippen molar-refractivity contribution in [2.75, 3.05) is 19.6 Å². The summed E-state index contributed by atoms with van der Waals surface area (Å²) < 4.78 is 17.7. The molecule has 2 saturated heterocycles. The molecule has 2 fully saturated rings. The highest BCUT2D eigenvalue weighted by Crippen LogP contribution is 2.39. The van der Waals surface area contributed by atoms with E-state index in [2.05, 4.69) is 28.3 Å². The molecular formula is C22H29FN4OS. The lowest BCUT2D eigenvalue weighted by molar-refractivity contribution is 0.0731. The topological polar surface area (TPSA) is 49.3 Å². The van der Waals surface area contributed by atoms with Gasteiger partial charge in [0.1, 0.15) is 5.82 Å². The van der Waals surface area contributed by atoms with Crippen molar-refractivity contribution in [2.24, 2.45) is 0 Å². The van der Waals surface area contributed by atoms with Crippen LogP contribution in [-0.2, 0) is 6.54 Å². The summed E-state index contributed by atoms with van der Waals surface area (Å²) in [6.07, 6.45) is 5.34. The van der Waals surface area contributed by atoms with Gasteiger partial charge in [-0.05, 0) is 73.8 Å². The van der Waals surface area contributed by atoms with Crippen molar-refractivity contribution in [3.63, 3.8) is 0 Å². The molecule has 5 nitrogen and oxygen atoms in total. The summed E-state index contributed by atoms with van der Waals surface area (Å²) >= 11 is 1.33. The van der Waals surface area contributed by atoms with E-state index in [-0.39, 0.29) is 23.2 Å². The molecule has 1 unspecified atom stereocenters. The molecule has 1 spiro atoms. The first-order valence-corrected chi connectivity index (χ1v) is 11.4. The largest absolute Gasteiger partial charge is 0.337 e. The molecule has 29 heavy (non-hydrogen) atoms. The second-order valence-corrected chi connectivity index (χ2v) is 9.45. The summed E-state index contributed by atoms with van der Waals surface area (Å²) in [6, 6.07) is 6.93. The summed E-state index contributed by atoms with van der Waals surface area (Å²) in [4.78, 5) is 18.6. The van der Waals surface area contributed by atoms with Gasteiger partial charge >= 0.3 is 0 Å². The van der Waals surface area contributed by atoms with Crippen molar-refractivity contribution in [3.05, 3.63) is 46.2 Å². The fourth-order valence-electron chi connectivity index (χ4n) is 4.92. The van der Waals surface area contributed by atoms with Gasteiger partial charge in [-0.2, -0.15) is 0 Å². The molecule has 0 radical (unpaired) electrons. The maximum atomic E-state index is 13.6. The number of aromatic nitrogens is 2. The van der Waals surface area contributed by atoms with Crippen LogP contribution in [0, 0.1) is 5.82 Å². The fourth-order valence-corrected chi connectivity index (χ4v) is 5.56. The second kappa shape index (κ2) is 8.48. The second-order valence-electron chi connectivity index (χ2n) is 8.67. The van der Waals surface area contributed by atoms with Crippen LogP contribution in [0.3, 0.4) is 0 Å². The van der Waals surface area contributed by atoms with Crippen LogP contribution in [-0.4, -0.2) is 50.5 Å². The molecule has 0 aliphatic carbocycles. The third kappa shape index (κ3) is 4.21. The van der Waals surface area contributed by atoms with Crippen molar-refractivity contribution < 1.29 is 9.18 Å². The van der Waals surface area contributed by atoms with Crippen LogP contribution in [0.25, 0.3) is 0 Å². The molecule has 0 bridgehead atoms. The molecule has 156 valence electrons. The Kier molecular flexibility index (Phi) is 5.97. The Bertz CT molecular complexity index is 870. The van der Waals surface area contributed by atoms with Crippen LogP contribution in [0.15, 0.2) is 24.3 Å². The van der Waals surface area contributed by atoms with Crippen molar-refractivity contribution in [1.82, 2.24) is 19.4 Å². The highest BCUT2D eigenvalue weighted by atomic mass is 32.1. The zero-order valence-electron chi connectivity index (χ0n) is 17.2. The first-order valence-electron chi connectivity index (χ1n) is 10.6. The average Bonchev–Trinajstić information content (AvgIpc) is 3.26.